The van der Waals surface area contributed by atoms with Crippen molar-refractivity contribution >= 4 is 11.6 Å². The summed E-state index contributed by atoms with van der Waals surface area (Å²) < 4.78 is 0. The topological polar surface area (TPSA) is 12.0 Å². The van der Waals surface area contributed by atoms with Crippen LogP contribution in [0.1, 0.15) is 13.3 Å². The molecule has 10 heavy (non-hydrogen) atoms. The molecule has 1 atom stereocenters. The van der Waals surface area contributed by atoms with Crippen LogP contribution in [-0.4, -0.2) is 12.6 Å². The number of rotatable bonds is 1. The van der Waals surface area contributed by atoms with Crippen molar-refractivity contribution in [2.45, 2.75) is 18.9 Å². The molecule has 0 aliphatic heterocycles. The molecular weight excluding hydrogens is 146 g/mol. The van der Waals surface area contributed by atoms with Gasteiger partial charge in [-0.25, -0.2) is 0 Å². The molecule has 0 aromatic carbocycles. The first kappa shape index (κ1) is 7.83. The SMILES string of the molecule is CNC1(C)C=CC=C(Cl)C1. The minimum atomic E-state index is 0.0613. The zero-order valence-electron chi connectivity index (χ0n) is 6.32. The van der Waals surface area contributed by atoms with Gasteiger partial charge in [0.2, 0.25) is 0 Å². The number of nitrogens with one attached hydrogen (secondary N) is 1. The highest BCUT2D eigenvalue weighted by Gasteiger charge is 2.20. The van der Waals surface area contributed by atoms with Gasteiger partial charge in [-0.05, 0) is 20.0 Å². The fourth-order valence-corrected chi connectivity index (χ4v) is 1.36. The maximum absolute atomic E-state index is 5.85. The third kappa shape index (κ3) is 1.61. The Morgan fingerprint density at radius 2 is 2.40 bits per heavy atom. The molecule has 0 radical (unpaired) electrons. The molecule has 0 saturated carbocycles. The molecule has 0 saturated heterocycles. The third-order valence-corrected chi connectivity index (χ3v) is 2.11. The van der Waals surface area contributed by atoms with Crippen LogP contribution in [0.4, 0.5) is 0 Å². The molecule has 0 aromatic heterocycles. The van der Waals surface area contributed by atoms with Crippen molar-refractivity contribution in [2.24, 2.45) is 0 Å². The van der Waals surface area contributed by atoms with E-state index in [9.17, 15) is 0 Å². The number of halogens is 1. The summed E-state index contributed by atoms with van der Waals surface area (Å²) in [4.78, 5) is 0. The fourth-order valence-electron chi connectivity index (χ4n) is 1.01. The molecule has 0 heterocycles. The molecule has 1 unspecified atom stereocenters. The molecule has 1 aliphatic carbocycles. The number of hydrogen-bond donors (Lipinski definition) is 1. The van der Waals surface area contributed by atoms with Gasteiger partial charge in [0.25, 0.3) is 0 Å². The zero-order valence-corrected chi connectivity index (χ0v) is 7.07. The van der Waals surface area contributed by atoms with Gasteiger partial charge in [0.1, 0.15) is 0 Å². The third-order valence-electron chi connectivity index (χ3n) is 1.85. The van der Waals surface area contributed by atoms with Crippen LogP contribution < -0.4 is 5.32 Å². The van der Waals surface area contributed by atoms with Gasteiger partial charge in [0.05, 0.1) is 0 Å². The van der Waals surface area contributed by atoms with Gasteiger partial charge in [-0.1, -0.05) is 23.8 Å². The molecule has 2 heteroatoms. The van der Waals surface area contributed by atoms with E-state index in [4.69, 9.17) is 11.6 Å². The van der Waals surface area contributed by atoms with E-state index in [1.807, 2.05) is 19.2 Å². The van der Waals surface area contributed by atoms with Crippen LogP contribution in [0.2, 0.25) is 0 Å². The van der Waals surface area contributed by atoms with E-state index in [0.717, 1.165) is 11.5 Å². The first-order chi connectivity index (χ1) is 4.66. The van der Waals surface area contributed by atoms with Crippen LogP contribution in [0.3, 0.4) is 0 Å². The summed E-state index contributed by atoms with van der Waals surface area (Å²) in [5.74, 6) is 0. The summed E-state index contributed by atoms with van der Waals surface area (Å²) in [6, 6.07) is 0. The second-order valence-electron chi connectivity index (χ2n) is 2.82. The maximum Gasteiger partial charge on any atom is 0.0385 e. The molecule has 1 nitrogen and oxygen atoms in total. The molecule has 56 valence electrons. The van der Waals surface area contributed by atoms with E-state index in [1.165, 1.54) is 0 Å². The molecule has 1 aliphatic rings. The minimum Gasteiger partial charge on any atom is -0.311 e. The Balaban J connectivity index is 2.71. The van der Waals surface area contributed by atoms with E-state index < -0.39 is 0 Å². The fraction of sp³-hybridized carbons (Fsp3) is 0.500. The molecule has 1 rings (SSSR count). The Morgan fingerprint density at radius 1 is 1.70 bits per heavy atom. The summed E-state index contributed by atoms with van der Waals surface area (Å²) in [7, 11) is 1.94. The largest absolute Gasteiger partial charge is 0.311 e. The molecule has 0 bridgehead atoms. The van der Waals surface area contributed by atoms with Crippen LogP contribution in [0, 0.1) is 0 Å². The predicted molar refractivity (Wildman–Crippen MR) is 45.2 cm³/mol. The van der Waals surface area contributed by atoms with Crippen LogP contribution in [0.25, 0.3) is 0 Å². The summed E-state index contributed by atoms with van der Waals surface area (Å²) >= 11 is 5.85. The van der Waals surface area contributed by atoms with Crippen LogP contribution in [0.5, 0.6) is 0 Å². The van der Waals surface area contributed by atoms with Crippen molar-refractivity contribution in [3.8, 4) is 0 Å². The van der Waals surface area contributed by atoms with Crippen molar-refractivity contribution in [3.63, 3.8) is 0 Å². The normalized spacial score (nSPS) is 32.1. The van der Waals surface area contributed by atoms with E-state index in [-0.39, 0.29) is 5.54 Å². The average Bonchev–Trinajstić information content (AvgIpc) is 1.88. The monoisotopic (exact) mass is 157 g/mol. The molecule has 0 fully saturated rings. The molecule has 0 spiro atoms. The lowest BCUT2D eigenvalue weighted by atomic mass is 9.94. The lowest BCUT2D eigenvalue weighted by molar-refractivity contribution is 0.478. The Labute approximate surface area is 66.8 Å². The number of hydrogen-bond acceptors (Lipinski definition) is 1. The van der Waals surface area contributed by atoms with Crippen molar-refractivity contribution in [2.75, 3.05) is 7.05 Å². The van der Waals surface area contributed by atoms with Crippen molar-refractivity contribution in [1.29, 1.82) is 0 Å². The van der Waals surface area contributed by atoms with Gasteiger partial charge in [0, 0.05) is 17.0 Å². The standard InChI is InChI=1S/C8H12ClN/c1-8(10-2)5-3-4-7(9)6-8/h3-5,10H,6H2,1-2H3. The molecular formula is C8H12ClN. The van der Waals surface area contributed by atoms with E-state index in [2.05, 4.69) is 18.3 Å². The molecule has 0 aromatic rings. The van der Waals surface area contributed by atoms with Crippen molar-refractivity contribution in [1.82, 2.24) is 5.32 Å². The van der Waals surface area contributed by atoms with Crippen LogP contribution in [0.15, 0.2) is 23.3 Å². The van der Waals surface area contributed by atoms with Gasteiger partial charge in [-0.15, -0.1) is 0 Å². The van der Waals surface area contributed by atoms with Gasteiger partial charge >= 0.3 is 0 Å². The Hall–Kier alpha value is -0.270. The zero-order chi connectivity index (χ0) is 7.61. The van der Waals surface area contributed by atoms with Gasteiger partial charge in [-0.2, -0.15) is 0 Å². The van der Waals surface area contributed by atoms with Gasteiger partial charge in [0.15, 0.2) is 0 Å². The highest BCUT2D eigenvalue weighted by atomic mass is 35.5. The highest BCUT2D eigenvalue weighted by molar-refractivity contribution is 6.29. The summed E-state index contributed by atoms with van der Waals surface area (Å²) in [5.41, 5.74) is 0.0613. The number of allylic oxidation sites excluding steroid dienone is 2. The van der Waals surface area contributed by atoms with Gasteiger partial charge in [-0.3, -0.25) is 0 Å². The predicted octanol–water partition coefficient (Wildman–Crippen LogP) is 2.05. The molecule has 1 N–H and O–H groups in total. The minimum absolute atomic E-state index is 0.0613. The smallest absolute Gasteiger partial charge is 0.0385 e. The Kier molecular flexibility index (Phi) is 2.17. The van der Waals surface area contributed by atoms with E-state index >= 15 is 0 Å². The summed E-state index contributed by atoms with van der Waals surface area (Å²) in [6.07, 6.45) is 6.93. The summed E-state index contributed by atoms with van der Waals surface area (Å²) in [6.45, 7) is 2.12. The van der Waals surface area contributed by atoms with Crippen LogP contribution >= 0.6 is 11.6 Å². The van der Waals surface area contributed by atoms with E-state index in [0.29, 0.717) is 0 Å². The van der Waals surface area contributed by atoms with Gasteiger partial charge < -0.3 is 5.32 Å². The lowest BCUT2D eigenvalue weighted by Crippen LogP contribution is -2.38. The summed E-state index contributed by atoms with van der Waals surface area (Å²) in [5, 5.41) is 4.11. The first-order valence-electron chi connectivity index (χ1n) is 3.39. The van der Waals surface area contributed by atoms with Crippen LogP contribution in [-0.2, 0) is 0 Å². The lowest BCUT2D eigenvalue weighted by Gasteiger charge is -2.27. The second-order valence-corrected chi connectivity index (χ2v) is 3.30. The quantitative estimate of drug-likeness (QED) is 0.615. The Bertz CT molecular complexity index is 184. The van der Waals surface area contributed by atoms with E-state index in [1.54, 1.807) is 0 Å². The van der Waals surface area contributed by atoms with Crippen molar-refractivity contribution in [3.05, 3.63) is 23.3 Å². The Morgan fingerprint density at radius 3 is 2.80 bits per heavy atom. The van der Waals surface area contributed by atoms with Crippen molar-refractivity contribution < 1.29 is 0 Å². The second kappa shape index (κ2) is 2.77. The highest BCUT2D eigenvalue weighted by Crippen LogP contribution is 2.24. The average molecular weight is 158 g/mol. The number of likely N-dealkylation sites (N-methyl/N-ethyl adjacent to an activating group) is 1. The first-order valence-corrected chi connectivity index (χ1v) is 3.77. The maximum atomic E-state index is 5.85. The molecule has 0 amide bonds.